The Balaban J connectivity index is 2.54. The lowest BCUT2D eigenvalue weighted by Gasteiger charge is -2.32. The van der Waals surface area contributed by atoms with E-state index >= 15 is 0 Å². The SMILES string of the molecule is CCC(CO)N(Cc1ccccc1)c1ccc(C(F)(F)F)cc1[N+](=O)[O-]. The molecule has 2 rings (SSSR count). The second kappa shape index (κ2) is 8.18. The predicted molar refractivity (Wildman–Crippen MR) is 91.9 cm³/mol. The largest absolute Gasteiger partial charge is 0.416 e. The molecule has 1 atom stereocenters. The zero-order valence-electron chi connectivity index (χ0n) is 14.1. The molecule has 0 amide bonds. The highest BCUT2D eigenvalue weighted by atomic mass is 19.4. The summed E-state index contributed by atoms with van der Waals surface area (Å²) in [6.45, 7) is 1.75. The first-order chi connectivity index (χ1) is 12.3. The normalized spacial score (nSPS) is 12.7. The Morgan fingerprint density at radius 3 is 2.35 bits per heavy atom. The van der Waals surface area contributed by atoms with E-state index in [1.165, 1.54) is 0 Å². The van der Waals surface area contributed by atoms with Gasteiger partial charge < -0.3 is 10.0 Å². The van der Waals surface area contributed by atoms with Gasteiger partial charge in [0.25, 0.3) is 5.69 Å². The number of aliphatic hydroxyl groups is 1. The van der Waals surface area contributed by atoms with Crippen LogP contribution in [0.15, 0.2) is 48.5 Å². The van der Waals surface area contributed by atoms with Crippen molar-refractivity contribution >= 4 is 11.4 Å². The van der Waals surface area contributed by atoms with E-state index in [-0.39, 0.29) is 18.8 Å². The van der Waals surface area contributed by atoms with Crippen LogP contribution in [0.1, 0.15) is 24.5 Å². The Labute approximate surface area is 148 Å². The number of hydrogen-bond acceptors (Lipinski definition) is 4. The van der Waals surface area contributed by atoms with E-state index in [0.29, 0.717) is 12.5 Å². The van der Waals surface area contributed by atoms with Gasteiger partial charge >= 0.3 is 6.18 Å². The predicted octanol–water partition coefficient (Wildman–Crippen LogP) is 4.39. The fraction of sp³-hybridized carbons (Fsp3) is 0.333. The van der Waals surface area contributed by atoms with Crippen LogP contribution in [-0.4, -0.2) is 22.7 Å². The second-order valence-electron chi connectivity index (χ2n) is 5.82. The molecule has 0 saturated heterocycles. The molecule has 0 spiro atoms. The van der Waals surface area contributed by atoms with Crippen molar-refractivity contribution in [2.24, 2.45) is 0 Å². The standard InChI is InChI=1S/C18H19F3N2O3/c1-2-15(12-24)22(11-13-6-4-3-5-7-13)16-9-8-14(18(19,20)21)10-17(16)23(25)26/h3-10,15,24H,2,11-12H2,1H3. The second-order valence-corrected chi connectivity index (χ2v) is 5.82. The van der Waals surface area contributed by atoms with Crippen molar-refractivity contribution in [2.45, 2.75) is 32.1 Å². The summed E-state index contributed by atoms with van der Waals surface area (Å²) in [5.41, 5.74) is -0.839. The lowest BCUT2D eigenvalue weighted by molar-refractivity contribution is -0.384. The highest BCUT2D eigenvalue weighted by molar-refractivity contribution is 5.65. The molecule has 0 aliphatic heterocycles. The molecule has 0 fully saturated rings. The van der Waals surface area contributed by atoms with Crippen molar-refractivity contribution in [3.8, 4) is 0 Å². The van der Waals surface area contributed by atoms with Gasteiger partial charge in [-0.2, -0.15) is 13.2 Å². The lowest BCUT2D eigenvalue weighted by atomic mass is 10.1. The van der Waals surface area contributed by atoms with Gasteiger partial charge in [0.05, 0.1) is 23.1 Å². The fourth-order valence-corrected chi connectivity index (χ4v) is 2.73. The van der Waals surface area contributed by atoms with Crippen molar-refractivity contribution in [2.75, 3.05) is 11.5 Å². The Morgan fingerprint density at radius 1 is 1.19 bits per heavy atom. The van der Waals surface area contributed by atoms with Crippen LogP contribution >= 0.6 is 0 Å². The molecular weight excluding hydrogens is 349 g/mol. The van der Waals surface area contributed by atoms with Crippen molar-refractivity contribution in [1.82, 2.24) is 0 Å². The van der Waals surface area contributed by atoms with Gasteiger partial charge in [0.2, 0.25) is 0 Å². The molecule has 0 aliphatic carbocycles. The van der Waals surface area contributed by atoms with Gasteiger partial charge in [-0.25, -0.2) is 0 Å². The molecular formula is C18H19F3N2O3. The van der Waals surface area contributed by atoms with Crippen LogP contribution < -0.4 is 4.90 Å². The topological polar surface area (TPSA) is 66.6 Å². The molecule has 1 N–H and O–H groups in total. The maximum atomic E-state index is 12.9. The molecule has 0 aromatic heterocycles. The molecule has 26 heavy (non-hydrogen) atoms. The third kappa shape index (κ3) is 4.51. The Bertz CT molecular complexity index is 747. The first kappa shape index (κ1) is 19.7. The minimum absolute atomic E-state index is 0.0488. The molecule has 1 unspecified atom stereocenters. The van der Waals surface area contributed by atoms with E-state index in [2.05, 4.69) is 0 Å². The average Bonchev–Trinajstić information content (AvgIpc) is 2.61. The molecule has 2 aromatic carbocycles. The molecule has 0 bridgehead atoms. The highest BCUT2D eigenvalue weighted by Gasteiger charge is 2.34. The minimum Gasteiger partial charge on any atom is -0.394 e. The van der Waals surface area contributed by atoms with E-state index in [0.717, 1.165) is 17.7 Å². The average molecular weight is 368 g/mol. The van der Waals surface area contributed by atoms with Crippen molar-refractivity contribution < 1.29 is 23.2 Å². The maximum Gasteiger partial charge on any atom is 0.416 e. The van der Waals surface area contributed by atoms with Gasteiger partial charge in [-0.3, -0.25) is 10.1 Å². The highest BCUT2D eigenvalue weighted by Crippen LogP contribution is 2.37. The number of benzene rings is 2. The molecule has 5 nitrogen and oxygen atoms in total. The van der Waals surface area contributed by atoms with E-state index in [1.807, 2.05) is 18.2 Å². The summed E-state index contributed by atoms with van der Waals surface area (Å²) < 4.78 is 38.8. The van der Waals surface area contributed by atoms with E-state index in [1.54, 1.807) is 24.0 Å². The number of alkyl halides is 3. The van der Waals surface area contributed by atoms with Gasteiger partial charge in [0.15, 0.2) is 0 Å². The number of rotatable bonds is 7. The molecule has 0 saturated carbocycles. The minimum atomic E-state index is -4.67. The Morgan fingerprint density at radius 2 is 1.85 bits per heavy atom. The van der Waals surface area contributed by atoms with Gasteiger partial charge in [-0.05, 0) is 24.1 Å². The molecule has 0 heterocycles. The number of nitro benzene ring substituents is 1. The Hall–Kier alpha value is -2.61. The first-order valence-electron chi connectivity index (χ1n) is 8.05. The van der Waals surface area contributed by atoms with Crippen molar-refractivity contribution in [3.63, 3.8) is 0 Å². The summed E-state index contributed by atoms with van der Waals surface area (Å²) in [5.74, 6) is 0. The summed E-state index contributed by atoms with van der Waals surface area (Å²) in [7, 11) is 0. The third-order valence-corrected chi connectivity index (χ3v) is 4.13. The van der Waals surface area contributed by atoms with E-state index in [9.17, 15) is 28.4 Å². The van der Waals surface area contributed by atoms with Crippen LogP contribution in [0.25, 0.3) is 0 Å². The zero-order chi connectivity index (χ0) is 19.3. The number of aliphatic hydroxyl groups excluding tert-OH is 1. The number of halogens is 3. The van der Waals surface area contributed by atoms with Gasteiger partial charge in [0, 0.05) is 12.6 Å². The summed E-state index contributed by atoms with van der Waals surface area (Å²) in [4.78, 5) is 12.2. The molecule has 8 heteroatoms. The number of anilines is 1. The molecule has 0 aliphatic rings. The number of nitro groups is 1. The van der Waals surface area contributed by atoms with Gasteiger partial charge in [-0.1, -0.05) is 37.3 Å². The van der Waals surface area contributed by atoms with Gasteiger partial charge in [0.1, 0.15) is 5.69 Å². The summed E-state index contributed by atoms with van der Waals surface area (Å²) in [5, 5.41) is 21.1. The maximum absolute atomic E-state index is 12.9. The van der Waals surface area contributed by atoms with E-state index < -0.39 is 28.4 Å². The monoisotopic (exact) mass is 368 g/mol. The quantitative estimate of drug-likeness (QED) is 0.581. The van der Waals surface area contributed by atoms with Crippen LogP contribution in [0, 0.1) is 10.1 Å². The lowest BCUT2D eigenvalue weighted by Crippen LogP contribution is -2.37. The Kier molecular flexibility index (Phi) is 6.20. The first-order valence-corrected chi connectivity index (χ1v) is 8.05. The van der Waals surface area contributed by atoms with Crippen LogP contribution in [0.4, 0.5) is 24.5 Å². The van der Waals surface area contributed by atoms with Crippen LogP contribution in [0.5, 0.6) is 0 Å². The summed E-state index contributed by atoms with van der Waals surface area (Å²) in [6, 6.07) is 11.0. The van der Waals surface area contributed by atoms with Crippen LogP contribution in [0.3, 0.4) is 0 Å². The molecule has 0 radical (unpaired) electrons. The van der Waals surface area contributed by atoms with Crippen molar-refractivity contribution in [1.29, 1.82) is 0 Å². The van der Waals surface area contributed by atoms with E-state index in [4.69, 9.17) is 0 Å². The molecule has 140 valence electrons. The summed E-state index contributed by atoms with van der Waals surface area (Å²) >= 11 is 0. The number of nitrogens with zero attached hydrogens (tertiary/aromatic N) is 2. The van der Waals surface area contributed by atoms with Gasteiger partial charge in [-0.15, -0.1) is 0 Å². The number of hydrogen-bond donors (Lipinski definition) is 1. The summed E-state index contributed by atoms with van der Waals surface area (Å²) in [6.07, 6.45) is -4.20. The smallest absolute Gasteiger partial charge is 0.394 e. The third-order valence-electron chi connectivity index (χ3n) is 4.13. The zero-order valence-corrected chi connectivity index (χ0v) is 14.1. The van der Waals surface area contributed by atoms with Crippen LogP contribution in [-0.2, 0) is 12.7 Å². The molecule has 2 aromatic rings. The van der Waals surface area contributed by atoms with Crippen molar-refractivity contribution in [3.05, 3.63) is 69.8 Å². The van der Waals surface area contributed by atoms with Crippen LogP contribution in [0.2, 0.25) is 0 Å². The fourth-order valence-electron chi connectivity index (χ4n) is 2.73.